The largest absolute Gasteiger partial charge is 0.460 e. The SMILES string of the molecule is NC(N)=NCC(S)C(=O)OCc1ccc([N+](=O)[O-])cc1. The van der Waals surface area contributed by atoms with Crippen LogP contribution in [0.25, 0.3) is 0 Å². The second-order valence-electron chi connectivity index (χ2n) is 3.81. The van der Waals surface area contributed by atoms with Gasteiger partial charge in [-0.05, 0) is 17.7 Å². The zero-order valence-corrected chi connectivity index (χ0v) is 11.3. The van der Waals surface area contributed by atoms with Crippen LogP contribution < -0.4 is 11.5 Å². The standard InChI is InChI=1S/C11H14N4O4S/c12-11(13)14-5-9(20)10(16)19-6-7-1-3-8(4-2-7)15(17)18/h1-4,9,20H,5-6H2,(H4,12,13,14). The van der Waals surface area contributed by atoms with Gasteiger partial charge in [0.05, 0.1) is 11.5 Å². The molecule has 1 aromatic rings. The number of nitrogens with zero attached hydrogens (tertiary/aromatic N) is 2. The van der Waals surface area contributed by atoms with Gasteiger partial charge in [-0.2, -0.15) is 12.6 Å². The van der Waals surface area contributed by atoms with E-state index in [9.17, 15) is 14.9 Å². The average molecular weight is 298 g/mol. The van der Waals surface area contributed by atoms with Crippen LogP contribution in [0, 0.1) is 10.1 Å². The number of nitro benzene ring substituents is 1. The summed E-state index contributed by atoms with van der Waals surface area (Å²) in [6.45, 7) is 0.0141. The number of rotatable bonds is 6. The molecule has 0 aliphatic heterocycles. The first-order valence-electron chi connectivity index (χ1n) is 5.53. The number of nitrogens with two attached hydrogens (primary N) is 2. The first-order valence-corrected chi connectivity index (χ1v) is 6.05. The molecule has 0 heterocycles. The first-order chi connectivity index (χ1) is 9.40. The van der Waals surface area contributed by atoms with Gasteiger partial charge < -0.3 is 16.2 Å². The third-order valence-electron chi connectivity index (χ3n) is 2.25. The molecule has 1 atom stereocenters. The Morgan fingerprint density at radius 1 is 1.40 bits per heavy atom. The van der Waals surface area contributed by atoms with E-state index in [-0.39, 0.29) is 24.8 Å². The fourth-order valence-corrected chi connectivity index (χ4v) is 1.39. The summed E-state index contributed by atoms with van der Waals surface area (Å²) in [6.07, 6.45) is 0. The maximum atomic E-state index is 11.5. The average Bonchev–Trinajstić information content (AvgIpc) is 2.42. The number of thiol groups is 1. The van der Waals surface area contributed by atoms with Crippen molar-refractivity contribution in [2.24, 2.45) is 16.5 Å². The second-order valence-corrected chi connectivity index (χ2v) is 4.44. The smallest absolute Gasteiger partial charge is 0.321 e. The molecular formula is C11H14N4O4S. The number of esters is 1. The summed E-state index contributed by atoms with van der Waals surface area (Å²) in [7, 11) is 0. The Morgan fingerprint density at radius 3 is 2.50 bits per heavy atom. The van der Waals surface area contributed by atoms with Crippen molar-refractivity contribution in [3.05, 3.63) is 39.9 Å². The van der Waals surface area contributed by atoms with Crippen LogP contribution in [0.15, 0.2) is 29.3 Å². The number of guanidine groups is 1. The van der Waals surface area contributed by atoms with Crippen molar-refractivity contribution >= 4 is 30.2 Å². The summed E-state index contributed by atoms with van der Waals surface area (Å²) in [5.74, 6) is -0.705. The van der Waals surface area contributed by atoms with Crippen molar-refractivity contribution in [3.63, 3.8) is 0 Å². The van der Waals surface area contributed by atoms with Crippen molar-refractivity contribution in [2.45, 2.75) is 11.9 Å². The zero-order chi connectivity index (χ0) is 15.1. The van der Waals surface area contributed by atoms with E-state index in [0.717, 1.165) is 0 Å². The van der Waals surface area contributed by atoms with Gasteiger partial charge in [-0.25, -0.2) is 0 Å². The number of non-ortho nitro benzene ring substituents is 1. The topological polar surface area (TPSA) is 134 Å². The normalized spacial score (nSPS) is 11.4. The third kappa shape index (κ3) is 5.14. The van der Waals surface area contributed by atoms with Crippen LogP contribution in [-0.2, 0) is 16.1 Å². The maximum Gasteiger partial charge on any atom is 0.321 e. The van der Waals surface area contributed by atoms with Gasteiger partial charge in [0.25, 0.3) is 5.69 Å². The lowest BCUT2D eigenvalue weighted by Gasteiger charge is -2.08. The molecule has 0 aliphatic rings. The van der Waals surface area contributed by atoms with E-state index in [1.807, 2.05) is 0 Å². The molecule has 8 nitrogen and oxygen atoms in total. The van der Waals surface area contributed by atoms with Crippen molar-refractivity contribution in [1.29, 1.82) is 0 Å². The highest BCUT2D eigenvalue weighted by atomic mass is 32.1. The van der Waals surface area contributed by atoms with Crippen LogP contribution >= 0.6 is 12.6 Å². The molecule has 0 saturated heterocycles. The van der Waals surface area contributed by atoms with Crippen LogP contribution in [-0.4, -0.2) is 28.6 Å². The number of nitro groups is 1. The van der Waals surface area contributed by atoms with Crippen molar-refractivity contribution < 1.29 is 14.5 Å². The Bertz CT molecular complexity index is 514. The van der Waals surface area contributed by atoms with E-state index in [2.05, 4.69) is 17.6 Å². The molecule has 0 spiro atoms. The van der Waals surface area contributed by atoms with Gasteiger partial charge in [0, 0.05) is 12.1 Å². The molecular weight excluding hydrogens is 284 g/mol. The summed E-state index contributed by atoms with van der Waals surface area (Å²) in [6, 6.07) is 5.69. The predicted molar refractivity (Wildman–Crippen MR) is 76.3 cm³/mol. The number of carbonyl (C=O) groups excluding carboxylic acids is 1. The van der Waals surface area contributed by atoms with Gasteiger partial charge in [-0.3, -0.25) is 19.9 Å². The minimum absolute atomic E-state index is 0.00426. The molecule has 4 N–H and O–H groups in total. The monoisotopic (exact) mass is 298 g/mol. The summed E-state index contributed by atoms with van der Waals surface area (Å²) in [4.78, 5) is 25.2. The van der Waals surface area contributed by atoms with Gasteiger partial charge in [-0.15, -0.1) is 0 Å². The van der Waals surface area contributed by atoms with Crippen LogP contribution in [0.5, 0.6) is 0 Å². The molecule has 0 bridgehead atoms. The second kappa shape index (κ2) is 7.34. The van der Waals surface area contributed by atoms with E-state index in [1.165, 1.54) is 24.3 Å². The van der Waals surface area contributed by atoms with Crippen molar-refractivity contribution in [3.8, 4) is 0 Å². The summed E-state index contributed by atoms with van der Waals surface area (Å²) in [5.41, 5.74) is 10.9. The highest BCUT2D eigenvalue weighted by Gasteiger charge is 2.15. The Labute approximate surface area is 120 Å². The fraction of sp³-hybridized carbons (Fsp3) is 0.273. The lowest BCUT2D eigenvalue weighted by atomic mass is 10.2. The van der Waals surface area contributed by atoms with Crippen LogP contribution in [0.2, 0.25) is 0 Å². The third-order valence-corrected chi connectivity index (χ3v) is 2.62. The molecule has 0 saturated carbocycles. The molecule has 9 heteroatoms. The Hall–Kier alpha value is -2.29. The summed E-state index contributed by atoms with van der Waals surface area (Å²) < 4.78 is 4.99. The van der Waals surface area contributed by atoms with Crippen LogP contribution in [0.3, 0.4) is 0 Å². The van der Waals surface area contributed by atoms with Gasteiger partial charge in [0.2, 0.25) is 0 Å². The lowest BCUT2D eigenvalue weighted by Crippen LogP contribution is -2.27. The minimum atomic E-state index is -0.768. The molecule has 0 amide bonds. The fourth-order valence-electron chi connectivity index (χ4n) is 1.23. The molecule has 0 fully saturated rings. The number of benzene rings is 1. The molecule has 0 aromatic heterocycles. The van der Waals surface area contributed by atoms with E-state index < -0.39 is 16.1 Å². The van der Waals surface area contributed by atoms with E-state index in [4.69, 9.17) is 16.2 Å². The summed E-state index contributed by atoms with van der Waals surface area (Å²) in [5, 5.41) is 9.70. The van der Waals surface area contributed by atoms with Gasteiger partial charge in [0.15, 0.2) is 5.96 Å². The van der Waals surface area contributed by atoms with E-state index in [1.54, 1.807) is 0 Å². The van der Waals surface area contributed by atoms with Gasteiger partial charge in [-0.1, -0.05) is 0 Å². The van der Waals surface area contributed by atoms with Crippen molar-refractivity contribution in [1.82, 2.24) is 0 Å². The van der Waals surface area contributed by atoms with Gasteiger partial charge >= 0.3 is 5.97 Å². The van der Waals surface area contributed by atoms with E-state index in [0.29, 0.717) is 5.56 Å². The molecule has 1 unspecified atom stereocenters. The van der Waals surface area contributed by atoms with Crippen LogP contribution in [0.4, 0.5) is 5.69 Å². The molecule has 0 aliphatic carbocycles. The molecule has 108 valence electrons. The summed E-state index contributed by atoms with van der Waals surface area (Å²) >= 11 is 4.01. The van der Waals surface area contributed by atoms with E-state index >= 15 is 0 Å². The number of aliphatic imine (C=N–C) groups is 1. The Morgan fingerprint density at radius 2 is 2.00 bits per heavy atom. The molecule has 0 radical (unpaired) electrons. The van der Waals surface area contributed by atoms with Gasteiger partial charge in [0.1, 0.15) is 11.9 Å². The Balaban J connectivity index is 2.48. The number of ether oxygens (including phenoxy) is 1. The Kier molecular flexibility index (Phi) is 5.78. The number of hydrogen-bond acceptors (Lipinski definition) is 6. The zero-order valence-electron chi connectivity index (χ0n) is 10.4. The molecule has 20 heavy (non-hydrogen) atoms. The number of carbonyl (C=O) groups is 1. The molecule has 1 rings (SSSR count). The highest BCUT2D eigenvalue weighted by molar-refractivity contribution is 7.81. The molecule has 1 aromatic carbocycles. The highest BCUT2D eigenvalue weighted by Crippen LogP contribution is 2.13. The first kappa shape index (κ1) is 15.8. The predicted octanol–water partition coefficient (Wildman–Crippen LogP) is 0.210. The maximum absolute atomic E-state index is 11.5. The van der Waals surface area contributed by atoms with Crippen molar-refractivity contribution in [2.75, 3.05) is 6.54 Å². The number of hydrogen-bond donors (Lipinski definition) is 3. The minimum Gasteiger partial charge on any atom is -0.460 e. The lowest BCUT2D eigenvalue weighted by molar-refractivity contribution is -0.384. The van der Waals surface area contributed by atoms with Crippen LogP contribution in [0.1, 0.15) is 5.56 Å². The quantitative estimate of drug-likeness (QED) is 0.172.